The first kappa shape index (κ1) is 15.6. The molecule has 0 radical (unpaired) electrons. The van der Waals surface area contributed by atoms with Crippen LogP contribution < -0.4 is 4.90 Å². The maximum Gasteiger partial charge on any atom is 0.263 e. The molecule has 0 aromatic heterocycles. The third-order valence-corrected chi connectivity index (χ3v) is 3.72. The molecule has 0 N–H and O–H groups in total. The fraction of sp³-hybridized carbons (Fsp3) is 0.188. The highest BCUT2D eigenvalue weighted by Gasteiger charge is 2.22. The van der Waals surface area contributed by atoms with Gasteiger partial charge in [-0.15, -0.1) is 0 Å². The molecule has 2 nitrogen and oxygen atoms in total. The van der Waals surface area contributed by atoms with E-state index in [4.69, 9.17) is 0 Å². The van der Waals surface area contributed by atoms with Crippen molar-refractivity contribution in [2.45, 2.75) is 13.3 Å². The molecule has 5 heteroatoms. The molecular weight excluding hydrogens is 340 g/mol. The van der Waals surface area contributed by atoms with Crippen LogP contribution in [0.3, 0.4) is 0 Å². The minimum Gasteiger partial charge on any atom is -0.311 e. The van der Waals surface area contributed by atoms with Gasteiger partial charge >= 0.3 is 0 Å². The van der Waals surface area contributed by atoms with Crippen LogP contribution in [0.5, 0.6) is 0 Å². The second-order valence-corrected chi connectivity index (χ2v) is 5.54. The van der Waals surface area contributed by atoms with E-state index in [1.54, 1.807) is 12.1 Å². The average molecular weight is 354 g/mol. The highest BCUT2D eigenvalue weighted by molar-refractivity contribution is 9.10. The van der Waals surface area contributed by atoms with E-state index in [0.717, 1.165) is 24.1 Å². The Morgan fingerprint density at radius 2 is 1.67 bits per heavy atom. The fourth-order valence-electron chi connectivity index (χ4n) is 1.99. The van der Waals surface area contributed by atoms with Crippen LogP contribution in [0.25, 0.3) is 0 Å². The van der Waals surface area contributed by atoms with Gasteiger partial charge in [-0.3, -0.25) is 4.79 Å². The predicted octanol–water partition coefficient (Wildman–Crippen LogP) is 4.57. The van der Waals surface area contributed by atoms with Crippen LogP contribution in [-0.2, 0) is 6.42 Å². The summed E-state index contributed by atoms with van der Waals surface area (Å²) in [7, 11) is 1.49. The molecule has 0 aliphatic carbocycles. The number of rotatable bonds is 3. The Morgan fingerprint density at radius 1 is 1.14 bits per heavy atom. The van der Waals surface area contributed by atoms with Crippen LogP contribution in [0.1, 0.15) is 22.8 Å². The maximum atomic E-state index is 13.8. The highest BCUT2D eigenvalue weighted by atomic mass is 79.9. The summed E-state index contributed by atoms with van der Waals surface area (Å²) in [6, 6.07) is 9.42. The summed E-state index contributed by atoms with van der Waals surface area (Å²) in [5, 5.41) is 0. The van der Waals surface area contributed by atoms with Crippen LogP contribution in [0.4, 0.5) is 14.5 Å². The molecule has 0 atom stereocenters. The lowest BCUT2D eigenvalue weighted by Gasteiger charge is -2.18. The summed E-state index contributed by atoms with van der Waals surface area (Å²) in [4.78, 5) is 13.5. The molecule has 21 heavy (non-hydrogen) atoms. The van der Waals surface area contributed by atoms with Gasteiger partial charge in [-0.1, -0.05) is 35.0 Å². The van der Waals surface area contributed by atoms with Crippen molar-refractivity contribution < 1.29 is 13.6 Å². The maximum absolute atomic E-state index is 13.8. The van der Waals surface area contributed by atoms with Gasteiger partial charge in [0.05, 0.1) is 0 Å². The molecule has 1 amide bonds. The number of carbonyl (C=O) groups excluding carboxylic acids is 1. The molecule has 2 aromatic rings. The molecule has 0 heterocycles. The molecule has 0 spiro atoms. The quantitative estimate of drug-likeness (QED) is 0.791. The number of hydrogen-bond acceptors (Lipinski definition) is 1. The van der Waals surface area contributed by atoms with E-state index in [9.17, 15) is 13.6 Å². The largest absolute Gasteiger partial charge is 0.311 e. The molecule has 0 saturated heterocycles. The zero-order valence-electron chi connectivity index (χ0n) is 11.7. The summed E-state index contributed by atoms with van der Waals surface area (Å²) in [5.74, 6) is -2.49. The first-order chi connectivity index (χ1) is 9.93. The molecule has 110 valence electrons. The number of benzene rings is 2. The Kier molecular flexibility index (Phi) is 4.73. The number of hydrogen-bond donors (Lipinski definition) is 0. The van der Waals surface area contributed by atoms with Gasteiger partial charge in [-0.2, -0.15) is 0 Å². The van der Waals surface area contributed by atoms with Gasteiger partial charge in [0.15, 0.2) is 0 Å². The van der Waals surface area contributed by atoms with Crippen LogP contribution in [0.2, 0.25) is 0 Å². The third kappa shape index (κ3) is 3.29. The second kappa shape index (κ2) is 6.35. The Morgan fingerprint density at radius 3 is 2.14 bits per heavy atom. The number of nitrogens with zero attached hydrogens (tertiary/aromatic N) is 1. The van der Waals surface area contributed by atoms with Gasteiger partial charge in [-0.05, 0) is 36.2 Å². The van der Waals surface area contributed by atoms with Crippen LogP contribution in [0.15, 0.2) is 40.9 Å². The Labute approximate surface area is 130 Å². The summed E-state index contributed by atoms with van der Waals surface area (Å²) < 4.78 is 27.9. The van der Waals surface area contributed by atoms with Gasteiger partial charge < -0.3 is 4.90 Å². The first-order valence-corrected chi connectivity index (χ1v) is 7.25. The third-order valence-electron chi connectivity index (χ3n) is 3.26. The Bertz CT molecular complexity index is 647. The summed E-state index contributed by atoms with van der Waals surface area (Å²) in [6.45, 7) is 2.02. The van der Waals surface area contributed by atoms with E-state index in [1.807, 2.05) is 19.1 Å². The first-order valence-electron chi connectivity index (χ1n) is 6.45. The molecule has 2 rings (SSSR count). The number of amides is 1. The number of carbonyl (C=O) groups is 1. The van der Waals surface area contributed by atoms with Gasteiger partial charge in [0.1, 0.15) is 17.2 Å². The zero-order valence-corrected chi connectivity index (χ0v) is 13.2. The van der Waals surface area contributed by atoms with Crippen molar-refractivity contribution in [2.24, 2.45) is 0 Å². The van der Waals surface area contributed by atoms with Crippen molar-refractivity contribution in [3.63, 3.8) is 0 Å². The minimum atomic E-state index is -0.885. The lowest BCUT2D eigenvalue weighted by atomic mass is 10.1. The zero-order chi connectivity index (χ0) is 15.6. The molecule has 0 aliphatic rings. The molecule has 0 bridgehead atoms. The fourth-order valence-corrected chi connectivity index (χ4v) is 2.39. The molecule has 0 fully saturated rings. The van der Waals surface area contributed by atoms with E-state index in [1.165, 1.54) is 11.9 Å². The van der Waals surface area contributed by atoms with E-state index in [0.29, 0.717) is 5.69 Å². The van der Waals surface area contributed by atoms with Crippen LogP contribution in [0, 0.1) is 11.6 Å². The Balaban J connectivity index is 2.34. The SMILES string of the molecule is CCc1ccc(N(C)C(=O)c2c(F)cc(Br)cc2F)cc1. The van der Waals surface area contributed by atoms with Crippen LogP contribution in [-0.4, -0.2) is 13.0 Å². The van der Waals surface area contributed by atoms with E-state index in [-0.39, 0.29) is 4.47 Å². The number of anilines is 1. The average Bonchev–Trinajstić information content (AvgIpc) is 2.45. The molecule has 0 saturated carbocycles. The highest BCUT2D eigenvalue weighted by Crippen LogP contribution is 2.23. The van der Waals surface area contributed by atoms with E-state index >= 15 is 0 Å². The Hall–Kier alpha value is -1.75. The molecule has 2 aromatic carbocycles. The topological polar surface area (TPSA) is 20.3 Å². The van der Waals surface area contributed by atoms with Crippen molar-refractivity contribution in [3.8, 4) is 0 Å². The van der Waals surface area contributed by atoms with E-state index in [2.05, 4.69) is 15.9 Å². The van der Waals surface area contributed by atoms with Crippen molar-refractivity contribution in [3.05, 3.63) is 63.6 Å². The van der Waals surface area contributed by atoms with Gasteiger partial charge in [-0.25, -0.2) is 8.78 Å². The smallest absolute Gasteiger partial charge is 0.263 e. The lowest BCUT2D eigenvalue weighted by molar-refractivity contribution is 0.0985. The summed E-state index contributed by atoms with van der Waals surface area (Å²) >= 11 is 2.99. The predicted molar refractivity (Wildman–Crippen MR) is 82.6 cm³/mol. The van der Waals surface area contributed by atoms with Crippen molar-refractivity contribution >= 4 is 27.5 Å². The van der Waals surface area contributed by atoms with Crippen molar-refractivity contribution in [2.75, 3.05) is 11.9 Å². The molecule has 0 unspecified atom stereocenters. The van der Waals surface area contributed by atoms with E-state index < -0.39 is 23.1 Å². The van der Waals surface area contributed by atoms with Gasteiger partial charge in [0, 0.05) is 17.2 Å². The van der Waals surface area contributed by atoms with Crippen molar-refractivity contribution in [1.29, 1.82) is 0 Å². The van der Waals surface area contributed by atoms with Gasteiger partial charge in [0.2, 0.25) is 0 Å². The standard InChI is InChI=1S/C16H14BrF2NO/c1-3-10-4-6-12(7-5-10)20(2)16(21)15-13(18)8-11(17)9-14(15)19/h4-9H,3H2,1-2H3. The summed E-state index contributed by atoms with van der Waals surface area (Å²) in [6.07, 6.45) is 0.883. The summed E-state index contributed by atoms with van der Waals surface area (Å²) in [5.41, 5.74) is 1.15. The minimum absolute atomic E-state index is 0.254. The number of halogens is 3. The van der Waals surface area contributed by atoms with Crippen molar-refractivity contribution in [1.82, 2.24) is 0 Å². The monoisotopic (exact) mass is 353 g/mol. The van der Waals surface area contributed by atoms with Crippen LogP contribution >= 0.6 is 15.9 Å². The second-order valence-electron chi connectivity index (χ2n) is 4.63. The lowest BCUT2D eigenvalue weighted by Crippen LogP contribution is -2.28. The molecular formula is C16H14BrF2NO. The molecule has 0 aliphatic heterocycles. The van der Waals surface area contributed by atoms with Gasteiger partial charge in [0.25, 0.3) is 5.91 Å². The number of aryl methyl sites for hydroxylation is 1. The normalized spacial score (nSPS) is 10.5.